The number of rotatable bonds is 16. The van der Waals surface area contributed by atoms with Crippen molar-refractivity contribution in [3.8, 4) is 0 Å². The van der Waals surface area contributed by atoms with Crippen molar-refractivity contribution < 1.29 is 87.4 Å². The lowest BCUT2D eigenvalue weighted by Crippen LogP contribution is -2.71. The zero-order chi connectivity index (χ0) is 59.6. The van der Waals surface area contributed by atoms with Gasteiger partial charge in [0.25, 0.3) is 0 Å². The van der Waals surface area contributed by atoms with Crippen LogP contribution in [0.25, 0.3) is 0 Å². The Morgan fingerprint density at radius 1 is 0.772 bits per heavy atom. The lowest BCUT2D eigenvalue weighted by molar-refractivity contribution is -0.306. The number of likely N-dealkylation sites (N-methyl/N-ethyl adjacent to an activating group) is 1. The predicted molar refractivity (Wildman–Crippen MR) is 286 cm³/mol. The summed E-state index contributed by atoms with van der Waals surface area (Å²) in [6.07, 6.45) is -9.80. The summed E-state index contributed by atoms with van der Waals surface area (Å²) in [6, 6.07) is -4.59. The normalized spacial score (nSPS) is 32.2. The molecular weight excluding hydrogens is 1030 g/mol. The first-order valence-electron chi connectivity index (χ1n) is 27.5. The van der Waals surface area contributed by atoms with E-state index >= 15 is 0 Å². The summed E-state index contributed by atoms with van der Waals surface area (Å²) in [6.45, 7) is 27.2. The number of ether oxygens (including phenoxy) is 8. The lowest BCUT2D eigenvalue weighted by Gasteiger charge is -2.52. The third-order valence-electron chi connectivity index (χ3n) is 13.8. The SMILES string of the molecule is CN(C(=O)OC(C)(C)C)[C@@H]1[C@@H](O)[C@@H](O[C@H]2[C@H](NC(=O)C(O)C3CN(C(=O)OC(C)(C)C)C3)C[C@H](NCOC(C)(C)C)C([C@H]3OC(CNCC4(O)CC(NC(=O)OC(C)(C)C)C4)=CC[C@H]3NC(=O)OC(C)(C)C)[C@@H]2O)OC[C@]1(C)O. The number of likely N-dealkylation sites (tertiary alicyclic amines) is 1. The highest BCUT2D eigenvalue weighted by Gasteiger charge is 2.57. The fourth-order valence-corrected chi connectivity index (χ4v) is 10.3. The van der Waals surface area contributed by atoms with Gasteiger partial charge in [0.1, 0.15) is 58.2 Å². The molecule has 3 heterocycles. The molecule has 25 heteroatoms. The molecule has 0 aromatic heterocycles. The first-order chi connectivity index (χ1) is 36.0. The minimum atomic E-state index is -1.85. The standard InChI is InChI=1S/C54H95N7O18/c1-48(2,3)73-28-56-33-20-34(58-42(65)36(62)29-24-61(25-29)47(69)79-52(13,14)15)40(75-43-38(64)41(53(16,70)27-72-43)60(17)46(68)78-51(10,11)12)37(63)35(33)39-32(59-45(67)77-50(7,8)9)19-18-31(74-39)23-55-26-54(71)21-30(22-54)57-44(66)76-49(4,5)6/h18,29-30,32-41,43,55-56,62-64,70-71H,19-28H2,1-17H3,(H,57,66)(H,58,65)(H,59,67)/t30?,32-,33+,34-,35?,36?,37+,38-,39+,40+,41-,43-,53+,54?/m1/s1. The van der Waals surface area contributed by atoms with Crippen LogP contribution in [-0.2, 0) is 42.7 Å². The van der Waals surface area contributed by atoms with Crippen LogP contribution in [0.2, 0.25) is 0 Å². The molecule has 454 valence electrons. The van der Waals surface area contributed by atoms with E-state index < -0.39 is 149 Å². The van der Waals surface area contributed by atoms with Crippen molar-refractivity contribution in [2.75, 3.05) is 46.6 Å². The van der Waals surface area contributed by atoms with Gasteiger partial charge in [-0.15, -0.1) is 0 Å². The third kappa shape index (κ3) is 19.1. The Kier molecular flexibility index (Phi) is 20.8. The molecule has 0 bridgehead atoms. The Bertz CT molecular complexity index is 2130. The molecule has 12 atom stereocenters. The van der Waals surface area contributed by atoms with Gasteiger partial charge >= 0.3 is 24.4 Å². The van der Waals surface area contributed by atoms with Gasteiger partial charge in [0, 0.05) is 50.6 Å². The second-order valence-electron chi connectivity index (χ2n) is 27.2. The highest BCUT2D eigenvalue weighted by Crippen LogP contribution is 2.40. The van der Waals surface area contributed by atoms with Crippen molar-refractivity contribution in [1.82, 2.24) is 36.4 Å². The van der Waals surface area contributed by atoms with Crippen LogP contribution in [0.3, 0.4) is 0 Å². The topological polar surface area (TPSA) is 327 Å². The van der Waals surface area contributed by atoms with E-state index in [0.29, 0.717) is 5.76 Å². The van der Waals surface area contributed by atoms with Crippen LogP contribution in [0.1, 0.15) is 136 Å². The summed E-state index contributed by atoms with van der Waals surface area (Å²) >= 11 is 0. The van der Waals surface area contributed by atoms with E-state index in [0.717, 1.165) is 4.90 Å². The van der Waals surface area contributed by atoms with Gasteiger partial charge < -0.3 is 94.5 Å². The van der Waals surface area contributed by atoms with E-state index in [1.54, 1.807) is 89.2 Å². The molecule has 0 radical (unpaired) electrons. The molecule has 0 spiro atoms. The van der Waals surface area contributed by atoms with Gasteiger partial charge in [0.15, 0.2) is 6.29 Å². The average molecular weight is 1130 g/mol. The third-order valence-corrected chi connectivity index (χ3v) is 13.8. The second-order valence-corrected chi connectivity index (χ2v) is 27.2. The van der Waals surface area contributed by atoms with Crippen LogP contribution in [0, 0.1) is 11.8 Å². The van der Waals surface area contributed by atoms with E-state index in [9.17, 15) is 49.5 Å². The first-order valence-corrected chi connectivity index (χ1v) is 27.5. The molecule has 79 heavy (non-hydrogen) atoms. The van der Waals surface area contributed by atoms with Gasteiger partial charge in [-0.25, -0.2) is 19.2 Å². The number of aliphatic hydroxyl groups is 5. The number of aliphatic hydroxyl groups excluding tert-OH is 3. The van der Waals surface area contributed by atoms with Crippen LogP contribution in [0.5, 0.6) is 0 Å². The monoisotopic (exact) mass is 1130 g/mol. The summed E-state index contributed by atoms with van der Waals surface area (Å²) in [5, 5.41) is 74.9. The van der Waals surface area contributed by atoms with Crippen LogP contribution >= 0.6 is 0 Å². The summed E-state index contributed by atoms with van der Waals surface area (Å²) in [5.74, 6) is -2.21. The highest BCUT2D eigenvalue weighted by atomic mass is 16.7. The van der Waals surface area contributed by atoms with Crippen LogP contribution < -0.4 is 26.6 Å². The number of carbonyl (C=O) groups excluding carboxylic acids is 5. The zero-order valence-corrected chi connectivity index (χ0v) is 49.6. The molecule has 2 saturated heterocycles. The minimum Gasteiger partial charge on any atom is -0.491 e. The largest absolute Gasteiger partial charge is 0.491 e. The molecule has 2 aliphatic carbocycles. The summed E-state index contributed by atoms with van der Waals surface area (Å²) < 4.78 is 47.7. The maximum absolute atomic E-state index is 14.3. The summed E-state index contributed by atoms with van der Waals surface area (Å²) in [4.78, 5) is 69.0. The van der Waals surface area contributed by atoms with Gasteiger partial charge in [-0.05, 0) is 143 Å². The van der Waals surface area contributed by atoms with Gasteiger partial charge in [-0.3, -0.25) is 10.1 Å². The molecule has 25 nitrogen and oxygen atoms in total. The van der Waals surface area contributed by atoms with E-state index in [1.165, 1.54) is 18.9 Å². The number of nitrogens with one attached hydrogen (secondary N) is 5. The number of alkyl carbamates (subject to hydrolysis) is 2. The number of carbonyl (C=O) groups is 5. The Hall–Kier alpha value is -4.31. The highest BCUT2D eigenvalue weighted by molar-refractivity contribution is 5.82. The van der Waals surface area contributed by atoms with E-state index in [4.69, 9.17) is 37.9 Å². The van der Waals surface area contributed by atoms with E-state index in [-0.39, 0.29) is 64.6 Å². The van der Waals surface area contributed by atoms with Gasteiger partial charge in [0.05, 0.1) is 55.3 Å². The molecular formula is C54H95N7O18. The molecule has 10 N–H and O–H groups in total. The molecule has 5 amide bonds. The van der Waals surface area contributed by atoms with Crippen molar-refractivity contribution in [3.63, 3.8) is 0 Å². The molecule has 0 aromatic carbocycles. The molecule has 2 unspecified atom stereocenters. The number of amides is 5. The Labute approximate surface area is 465 Å². The molecule has 0 aromatic rings. The van der Waals surface area contributed by atoms with Crippen LogP contribution in [0.15, 0.2) is 11.8 Å². The molecule has 5 aliphatic rings. The van der Waals surface area contributed by atoms with Crippen molar-refractivity contribution in [2.45, 2.75) is 243 Å². The first kappa shape index (κ1) is 65.5. The molecule has 2 saturated carbocycles. The van der Waals surface area contributed by atoms with Gasteiger partial charge in [-0.1, -0.05) is 0 Å². The fraction of sp³-hybridized carbons (Fsp3) is 0.870. The van der Waals surface area contributed by atoms with Crippen LogP contribution in [0.4, 0.5) is 19.2 Å². The molecule has 5 rings (SSSR count). The summed E-state index contributed by atoms with van der Waals surface area (Å²) in [5.41, 5.74) is -6.96. The predicted octanol–water partition coefficient (Wildman–Crippen LogP) is 2.47. The number of nitrogens with zero attached hydrogens (tertiary/aromatic N) is 2. The smallest absolute Gasteiger partial charge is 0.410 e. The van der Waals surface area contributed by atoms with Crippen LogP contribution in [-0.4, -0.2) is 218 Å². The fourth-order valence-electron chi connectivity index (χ4n) is 10.3. The Morgan fingerprint density at radius 3 is 1.90 bits per heavy atom. The van der Waals surface area contributed by atoms with Crippen molar-refractivity contribution in [2.24, 2.45) is 11.8 Å². The maximum Gasteiger partial charge on any atom is 0.410 e. The number of hydrogen-bond donors (Lipinski definition) is 10. The maximum atomic E-state index is 14.3. The van der Waals surface area contributed by atoms with Gasteiger partial charge in [0.2, 0.25) is 5.91 Å². The zero-order valence-electron chi connectivity index (χ0n) is 49.6. The Morgan fingerprint density at radius 2 is 1.34 bits per heavy atom. The molecule has 4 fully saturated rings. The quantitative estimate of drug-likeness (QED) is 0.0784. The van der Waals surface area contributed by atoms with Crippen molar-refractivity contribution in [3.05, 3.63) is 11.8 Å². The van der Waals surface area contributed by atoms with Crippen molar-refractivity contribution in [1.29, 1.82) is 0 Å². The molecule has 3 aliphatic heterocycles. The van der Waals surface area contributed by atoms with Gasteiger partial charge in [-0.2, -0.15) is 0 Å². The average Bonchev–Trinajstić information content (AvgIpc) is 3.22. The van der Waals surface area contributed by atoms with Crippen molar-refractivity contribution >= 4 is 30.3 Å². The minimum absolute atomic E-state index is 0.0165. The summed E-state index contributed by atoms with van der Waals surface area (Å²) in [7, 11) is 1.35. The number of hydrogen-bond acceptors (Lipinski definition) is 20. The Balaban J connectivity index is 1.49. The second kappa shape index (κ2) is 25.0. The van der Waals surface area contributed by atoms with E-state index in [2.05, 4.69) is 26.6 Å². The lowest BCUT2D eigenvalue weighted by atomic mass is 9.72. The van der Waals surface area contributed by atoms with E-state index in [1.807, 2.05) is 20.8 Å².